The molecule has 2 aliphatic rings. The van der Waals surface area contributed by atoms with Gasteiger partial charge in [0.1, 0.15) is 15.7 Å². The summed E-state index contributed by atoms with van der Waals surface area (Å²) in [4.78, 5) is 12.8. The molecule has 6 nitrogen and oxygen atoms in total. The van der Waals surface area contributed by atoms with E-state index in [2.05, 4.69) is 34.8 Å². The van der Waals surface area contributed by atoms with Gasteiger partial charge < -0.3 is 10.1 Å². The van der Waals surface area contributed by atoms with Crippen LogP contribution in [0.4, 0.5) is 5.69 Å². The van der Waals surface area contributed by atoms with Crippen LogP contribution in [0.25, 0.3) is 0 Å². The first-order valence-electron chi connectivity index (χ1n) is 12.0. The van der Waals surface area contributed by atoms with Gasteiger partial charge in [-0.25, -0.2) is 9.35 Å². The van der Waals surface area contributed by atoms with Crippen molar-refractivity contribution < 1.29 is 13.7 Å². The average Bonchev–Trinajstić information content (AvgIpc) is 2.97. The van der Waals surface area contributed by atoms with Crippen molar-refractivity contribution in [3.63, 3.8) is 0 Å². The van der Waals surface area contributed by atoms with Crippen LogP contribution in [0.3, 0.4) is 0 Å². The van der Waals surface area contributed by atoms with Gasteiger partial charge in [0, 0.05) is 23.3 Å². The number of fused-ring (bicyclic) bond motifs is 3. The van der Waals surface area contributed by atoms with E-state index in [1.165, 1.54) is 16.7 Å². The molecule has 3 N–H and O–H groups in total. The van der Waals surface area contributed by atoms with E-state index in [4.69, 9.17) is 9.88 Å². The summed E-state index contributed by atoms with van der Waals surface area (Å²) in [5.74, 6) is 0.399. The lowest BCUT2D eigenvalue weighted by molar-refractivity contribution is 0.100. The maximum atomic E-state index is 12.8. The van der Waals surface area contributed by atoms with Gasteiger partial charge >= 0.3 is 0 Å². The SMILES string of the molecule is C/C=C\C[C@H](C)CS(N)(=O)=NC(=O)c1ccc2c(c1)NC[C@@]1(CCCc3cc(C)ccc31)CO2. The number of allylic oxidation sites excluding steroid dienone is 2. The minimum Gasteiger partial charge on any atom is -0.490 e. The Morgan fingerprint density at radius 3 is 2.94 bits per heavy atom. The van der Waals surface area contributed by atoms with E-state index in [1.54, 1.807) is 18.2 Å². The summed E-state index contributed by atoms with van der Waals surface area (Å²) < 4.78 is 22.9. The highest BCUT2D eigenvalue weighted by Gasteiger charge is 2.39. The van der Waals surface area contributed by atoms with Crippen LogP contribution in [0.5, 0.6) is 5.75 Å². The number of nitrogens with one attached hydrogen (secondary N) is 1. The third-order valence-corrected chi connectivity index (χ3v) is 8.34. The van der Waals surface area contributed by atoms with Crippen molar-refractivity contribution >= 4 is 21.5 Å². The van der Waals surface area contributed by atoms with Crippen molar-refractivity contribution in [3.8, 4) is 5.75 Å². The second-order valence-electron chi connectivity index (χ2n) is 9.81. The highest BCUT2D eigenvalue weighted by molar-refractivity contribution is 7.91. The Balaban J connectivity index is 1.54. The van der Waals surface area contributed by atoms with Gasteiger partial charge in [0.05, 0.1) is 12.3 Å². The number of benzene rings is 2. The molecule has 1 unspecified atom stereocenters. The zero-order chi connectivity index (χ0) is 24.3. The summed E-state index contributed by atoms with van der Waals surface area (Å²) in [6, 6.07) is 11.9. The fourth-order valence-corrected chi connectivity index (χ4v) is 6.48. The van der Waals surface area contributed by atoms with Crippen molar-refractivity contribution in [1.82, 2.24) is 0 Å². The topological polar surface area (TPSA) is 93.8 Å². The van der Waals surface area contributed by atoms with E-state index in [9.17, 15) is 9.00 Å². The lowest BCUT2D eigenvalue weighted by Gasteiger charge is -2.38. The second kappa shape index (κ2) is 9.92. The molecule has 0 bridgehead atoms. The molecule has 182 valence electrons. The van der Waals surface area contributed by atoms with Gasteiger partial charge in [-0.2, -0.15) is 0 Å². The number of nitrogens with zero attached hydrogens (tertiary/aromatic N) is 1. The molecular weight excluding hydrogens is 446 g/mol. The van der Waals surface area contributed by atoms with Crippen molar-refractivity contribution in [2.24, 2.45) is 15.4 Å². The van der Waals surface area contributed by atoms with Gasteiger partial charge in [-0.05, 0) is 74.8 Å². The summed E-state index contributed by atoms with van der Waals surface area (Å²) >= 11 is 0. The normalized spacial score (nSPS) is 22.0. The molecule has 0 aromatic heterocycles. The molecule has 0 saturated heterocycles. The predicted molar refractivity (Wildman–Crippen MR) is 139 cm³/mol. The first kappa shape index (κ1) is 24.5. The molecule has 1 heterocycles. The molecule has 1 aliphatic heterocycles. The minimum absolute atomic E-state index is 0.0747. The number of carbonyl (C=O) groups is 1. The Kier molecular flexibility index (Phi) is 7.14. The quantitative estimate of drug-likeness (QED) is 0.577. The van der Waals surface area contributed by atoms with E-state index in [-0.39, 0.29) is 17.1 Å². The lowest BCUT2D eigenvalue weighted by atomic mass is 9.70. The molecule has 34 heavy (non-hydrogen) atoms. The van der Waals surface area contributed by atoms with Crippen LogP contribution in [0.2, 0.25) is 0 Å². The number of amides is 1. The number of hydrogen-bond acceptors (Lipinski definition) is 4. The minimum atomic E-state index is -3.11. The molecular formula is C27H35N3O3S. The highest BCUT2D eigenvalue weighted by atomic mass is 32.2. The molecule has 1 amide bonds. The number of ether oxygens (including phenoxy) is 1. The van der Waals surface area contributed by atoms with Crippen molar-refractivity contribution in [2.75, 3.05) is 24.2 Å². The van der Waals surface area contributed by atoms with Crippen LogP contribution < -0.4 is 15.2 Å². The van der Waals surface area contributed by atoms with Crippen LogP contribution in [0, 0.1) is 12.8 Å². The maximum Gasteiger partial charge on any atom is 0.286 e. The molecule has 3 atom stereocenters. The monoisotopic (exact) mass is 481 g/mol. The van der Waals surface area contributed by atoms with Gasteiger partial charge in [0.2, 0.25) is 0 Å². The summed E-state index contributed by atoms with van der Waals surface area (Å²) in [6.45, 7) is 7.33. The second-order valence-corrected chi connectivity index (χ2v) is 11.7. The predicted octanol–water partition coefficient (Wildman–Crippen LogP) is 5.16. The van der Waals surface area contributed by atoms with Gasteiger partial charge in [-0.15, -0.1) is 4.36 Å². The number of nitrogens with two attached hydrogens (primary N) is 1. The third-order valence-electron chi connectivity index (χ3n) is 6.82. The van der Waals surface area contributed by atoms with E-state index in [0.29, 0.717) is 17.9 Å². The van der Waals surface area contributed by atoms with Crippen molar-refractivity contribution in [2.45, 2.75) is 51.9 Å². The molecule has 2 aromatic carbocycles. The van der Waals surface area contributed by atoms with Crippen molar-refractivity contribution in [3.05, 3.63) is 70.8 Å². The molecule has 0 radical (unpaired) electrons. The fraction of sp³-hybridized carbons (Fsp3) is 0.444. The zero-order valence-corrected chi connectivity index (χ0v) is 21.1. The third kappa shape index (κ3) is 5.36. The molecule has 1 aliphatic carbocycles. The summed E-state index contributed by atoms with van der Waals surface area (Å²) in [5.41, 5.74) is 5.03. The molecule has 2 aromatic rings. The van der Waals surface area contributed by atoms with E-state index >= 15 is 0 Å². The first-order valence-corrected chi connectivity index (χ1v) is 13.7. The van der Waals surface area contributed by atoms with Gasteiger partial charge in [-0.1, -0.05) is 42.8 Å². The Morgan fingerprint density at radius 1 is 1.32 bits per heavy atom. The van der Waals surface area contributed by atoms with Crippen molar-refractivity contribution in [1.29, 1.82) is 0 Å². The van der Waals surface area contributed by atoms with Crippen LogP contribution in [0.15, 0.2) is 52.9 Å². The Labute approximate surface area is 203 Å². The lowest BCUT2D eigenvalue weighted by Crippen LogP contribution is -2.41. The highest BCUT2D eigenvalue weighted by Crippen LogP contribution is 2.42. The number of rotatable bonds is 5. The van der Waals surface area contributed by atoms with E-state index in [1.807, 2.05) is 26.0 Å². The summed E-state index contributed by atoms with van der Waals surface area (Å²) in [7, 11) is -3.11. The first-order chi connectivity index (χ1) is 16.2. The molecule has 0 fully saturated rings. The Morgan fingerprint density at radius 2 is 2.15 bits per heavy atom. The molecule has 1 spiro atoms. The summed E-state index contributed by atoms with van der Waals surface area (Å²) in [5, 5.41) is 9.44. The van der Waals surface area contributed by atoms with Gasteiger partial charge in [-0.3, -0.25) is 4.79 Å². The standard InChI is InChI=1S/C27H35N3O3S/c1-4-5-7-20(3)16-34(28,32)30-26(31)22-10-12-25-24(15-22)29-17-27(18-33-25)13-6-8-21-14-19(2)9-11-23(21)27/h4-5,9-12,14-15,20,29H,6-8,13,16-18H2,1-3H3,(H2,28,30,31,32)/b5-4-/t20-,27-,34?/m0/s1. The number of anilines is 1. The smallest absolute Gasteiger partial charge is 0.286 e. The Hall–Kier alpha value is -2.64. The molecule has 0 saturated carbocycles. The number of aryl methyl sites for hydroxylation is 2. The van der Waals surface area contributed by atoms with Gasteiger partial charge in [0.15, 0.2) is 0 Å². The zero-order valence-electron chi connectivity index (χ0n) is 20.3. The van der Waals surface area contributed by atoms with Gasteiger partial charge in [0.25, 0.3) is 5.91 Å². The summed E-state index contributed by atoms with van der Waals surface area (Å²) in [6.07, 6.45) is 7.96. The fourth-order valence-electron chi connectivity index (χ4n) is 5.06. The van der Waals surface area contributed by atoms with E-state index < -0.39 is 15.8 Å². The molecule has 4 rings (SSSR count). The number of carbonyl (C=O) groups excluding carboxylic acids is 1. The van der Waals surface area contributed by atoms with Crippen LogP contribution in [0.1, 0.15) is 60.2 Å². The number of hydrogen-bond donors (Lipinski definition) is 2. The largest absolute Gasteiger partial charge is 0.490 e. The molecule has 7 heteroatoms. The average molecular weight is 482 g/mol. The van der Waals surface area contributed by atoms with E-state index in [0.717, 1.165) is 37.9 Å². The maximum absolute atomic E-state index is 12.8. The van der Waals surface area contributed by atoms with Crippen LogP contribution in [-0.4, -0.2) is 29.0 Å². The van der Waals surface area contributed by atoms with Crippen LogP contribution >= 0.6 is 0 Å². The Bertz CT molecular complexity index is 1230. The van der Waals surface area contributed by atoms with Crippen LogP contribution in [-0.2, 0) is 21.8 Å².